The molecule has 0 atom stereocenters. The number of amides is 2. The molecule has 0 bridgehead atoms. The maximum absolute atomic E-state index is 13.3. The van der Waals surface area contributed by atoms with Crippen LogP contribution in [0.1, 0.15) is 26.3 Å². The lowest BCUT2D eigenvalue weighted by molar-refractivity contribution is 0.0316. The first kappa shape index (κ1) is 23.6. The van der Waals surface area contributed by atoms with Crippen molar-refractivity contribution in [3.63, 3.8) is 0 Å². The molecule has 10 heteroatoms. The molecule has 0 spiro atoms. The molecule has 0 radical (unpaired) electrons. The van der Waals surface area contributed by atoms with Gasteiger partial charge in [0.25, 0.3) is 11.8 Å². The van der Waals surface area contributed by atoms with E-state index >= 15 is 0 Å². The Bertz CT molecular complexity index is 1380. The molecule has 8 nitrogen and oxygen atoms in total. The molecule has 2 aliphatic rings. The first-order valence-corrected chi connectivity index (χ1v) is 12.8. The fourth-order valence-electron chi connectivity index (χ4n) is 4.48. The molecule has 2 heterocycles. The van der Waals surface area contributed by atoms with Gasteiger partial charge in [0.2, 0.25) is 10.0 Å². The average molecular weight is 498 g/mol. The van der Waals surface area contributed by atoms with Gasteiger partial charge in [0.15, 0.2) is 0 Å². The summed E-state index contributed by atoms with van der Waals surface area (Å²) in [4.78, 5) is 29.8. The minimum atomic E-state index is -3.98. The molecule has 0 saturated carbocycles. The Labute approximate surface area is 202 Å². The topological polar surface area (TPSA) is 96.0 Å². The quantitative estimate of drug-likeness (QED) is 0.504. The van der Waals surface area contributed by atoms with Crippen molar-refractivity contribution in [1.82, 2.24) is 14.5 Å². The summed E-state index contributed by atoms with van der Waals surface area (Å²) in [6.45, 7) is 3.49. The van der Waals surface area contributed by atoms with Crippen LogP contribution in [-0.2, 0) is 21.3 Å². The van der Waals surface area contributed by atoms with Gasteiger partial charge in [-0.1, -0.05) is 24.3 Å². The van der Waals surface area contributed by atoms with Crippen LogP contribution >= 0.6 is 0 Å². The van der Waals surface area contributed by atoms with Crippen molar-refractivity contribution in [3.05, 3.63) is 77.1 Å². The highest BCUT2D eigenvalue weighted by Crippen LogP contribution is 2.34. The van der Waals surface area contributed by atoms with E-state index < -0.39 is 27.7 Å². The summed E-state index contributed by atoms with van der Waals surface area (Å²) in [7, 11) is -3.98. The Morgan fingerprint density at radius 2 is 1.57 bits per heavy atom. The van der Waals surface area contributed by atoms with Crippen LogP contribution in [0.2, 0.25) is 0 Å². The number of hydrogen-bond donors (Lipinski definition) is 1. The summed E-state index contributed by atoms with van der Waals surface area (Å²) < 4.78 is 47.3. The van der Waals surface area contributed by atoms with Crippen molar-refractivity contribution in [2.24, 2.45) is 0 Å². The van der Waals surface area contributed by atoms with Gasteiger partial charge in [-0.25, -0.2) is 17.5 Å². The van der Waals surface area contributed by atoms with Gasteiger partial charge in [0.1, 0.15) is 5.82 Å². The molecule has 1 N–H and O–H groups in total. The molecule has 35 heavy (non-hydrogen) atoms. The first-order valence-electron chi connectivity index (χ1n) is 11.3. The summed E-state index contributed by atoms with van der Waals surface area (Å²) in [6, 6.07) is 13.2. The van der Waals surface area contributed by atoms with Crippen molar-refractivity contribution in [1.29, 1.82) is 0 Å². The van der Waals surface area contributed by atoms with Crippen LogP contribution in [0.5, 0.6) is 0 Å². The number of hydrogen-bond acceptors (Lipinski definition) is 6. The number of morpholine rings is 1. The van der Waals surface area contributed by atoms with Crippen molar-refractivity contribution in [2.45, 2.75) is 11.4 Å². The number of rotatable bonds is 7. The Kier molecular flexibility index (Phi) is 6.37. The number of ether oxygens (including phenoxy) is 1. The predicted octanol–water partition coefficient (Wildman–Crippen LogP) is 2.39. The molecule has 2 amide bonds. The highest BCUT2D eigenvalue weighted by atomic mass is 32.2. The molecule has 3 aromatic rings. The molecule has 5 rings (SSSR count). The standard InChI is InChI=1S/C25H24FN3O5S/c26-18-6-4-17(5-7-18)16-27-35(32,33)22-9-8-21-23-19(22)2-1-3-20(23)24(30)29(25(21)31)11-10-28-12-14-34-15-13-28/h1-9,27H,10-16H2. The number of carbonyl (C=O) groups excluding carboxylic acids is 2. The van der Waals surface area contributed by atoms with E-state index in [9.17, 15) is 22.4 Å². The Morgan fingerprint density at radius 1 is 0.886 bits per heavy atom. The summed E-state index contributed by atoms with van der Waals surface area (Å²) in [6.07, 6.45) is 0. The fraction of sp³-hybridized carbons (Fsp3) is 0.280. The minimum Gasteiger partial charge on any atom is -0.379 e. The fourth-order valence-corrected chi connectivity index (χ4v) is 5.70. The van der Waals surface area contributed by atoms with Crippen LogP contribution in [0.15, 0.2) is 59.5 Å². The van der Waals surface area contributed by atoms with Gasteiger partial charge in [0, 0.05) is 54.6 Å². The molecule has 0 aromatic heterocycles. The van der Waals surface area contributed by atoms with E-state index in [1.807, 2.05) is 0 Å². The Hall–Kier alpha value is -3.18. The van der Waals surface area contributed by atoms with E-state index in [2.05, 4.69) is 9.62 Å². The smallest absolute Gasteiger partial charge is 0.261 e. The van der Waals surface area contributed by atoms with Gasteiger partial charge in [-0.3, -0.25) is 19.4 Å². The summed E-state index contributed by atoms with van der Waals surface area (Å²) in [5, 5.41) is 0.649. The zero-order valence-electron chi connectivity index (χ0n) is 18.9. The van der Waals surface area contributed by atoms with Crippen molar-refractivity contribution >= 4 is 32.6 Å². The maximum Gasteiger partial charge on any atom is 0.261 e. The van der Waals surface area contributed by atoms with Gasteiger partial charge in [-0.15, -0.1) is 0 Å². The highest BCUT2D eigenvalue weighted by molar-refractivity contribution is 7.89. The summed E-state index contributed by atoms with van der Waals surface area (Å²) in [5.41, 5.74) is 1.20. The molecule has 0 unspecified atom stereocenters. The van der Waals surface area contributed by atoms with Crippen LogP contribution in [0.4, 0.5) is 4.39 Å². The predicted molar refractivity (Wildman–Crippen MR) is 127 cm³/mol. The van der Waals surface area contributed by atoms with Gasteiger partial charge in [-0.2, -0.15) is 0 Å². The van der Waals surface area contributed by atoms with E-state index in [0.717, 1.165) is 13.1 Å². The van der Waals surface area contributed by atoms with Gasteiger partial charge < -0.3 is 4.74 Å². The molecular weight excluding hydrogens is 473 g/mol. The Balaban J connectivity index is 1.44. The van der Waals surface area contributed by atoms with E-state index in [0.29, 0.717) is 47.2 Å². The number of benzene rings is 3. The molecule has 1 fully saturated rings. The third kappa shape index (κ3) is 4.57. The second-order valence-electron chi connectivity index (χ2n) is 8.51. The molecule has 3 aromatic carbocycles. The van der Waals surface area contributed by atoms with Crippen molar-refractivity contribution in [2.75, 3.05) is 39.4 Å². The number of nitrogens with zero attached hydrogens (tertiary/aromatic N) is 2. The third-order valence-corrected chi connectivity index (χ3v) is 7.82. The lowest BCUT2D eigenvalue weighted by Crippen LogP contribution is -2.46. The number of carbonyl (C=O) groups is 2. The summed E-state index contributed by atoms with van der Waals surface area (Å²) in [5.74, 6) is -1.28. The van der Waals surface area contributed by atoms with Gasteiger partial charge in [0.05, 0.1) is 18.1 Å². The van der Waals surface area contributed by atoms with E-state index in [1.54, 1.807) is 18.2 Å². The molecule has 2 aliphatic heterocycles. The zero-order valence-corrected chi connectivity index (χ0v) is 19.7. The normalized spacial score (nSPS) is 16.8. The van der Waals surface area contributed by atoms with E-state index in [-0.39, 0.29) is 18.0 Å². The average Bonchev–Trinajstić information content (AvgIpc) is 2.87. The zero-order chi connectivity index (χ0) is 24.6. The van der Waals surface area contributed by atoms with Crippen LogP contribution in [0, 0.1) is 5.82 Å². The number of imide groups is 1. The monoisotopic (exact) mass is 497 g/mol. The van der Waals surface area contributed by atoms with Crippen LogP contribution in [0.3, 0.4) is 0 Å². The number of halogens is 1. The Morgan fingerprint density at radius 3 is 2.29 bits per heavy atom. The van der Waals surface area contributed by atoms with Crippen LogP contribution in [-0.4, -0.2) is 69.4 Å². The highest BCUT2D eigenvalue weighted by Gasteiger charge is 2.34. The van der Waals surface area contributed by atoms with E-state index in [1.165, 1.54) is 41.3 Å². The van der Waals surface area contributed by atoms with Gasteiger partial charge in [-0.05, 0) is 35.9 Å². The van der Waals surface area contributed by atoms with Crippen LogP contribution < -0.4 is 4.72 Å². The van der Waals surface area contributed by atoms with E-state index in [4.69, 9.17) is 4.74 Å². The lowest BCUT2D eigenvalue weighted by Gasteiger charge is -2.31. The maximum atomic E-state index is 13.3. The minimum absolute atomic E-state index is 0.0254. The van der Waals surface area contributed by atoms with Crippen LogP contribution in [0.25, 0.3) is 10.8 Å². The second kappa shape index (κ2) is 9.46. The molecular formula is C25H24FN3O5S. The van der Waals surface area contributed by atoms with Crippen molar-refractivity contribution < 1.29 is 27.1 Å². The van der Waals surface area contributed by atoms with Gasteiger partial charge >= 0.3 is 0 Å². The molecule has 0 aliphatic carbocycles. The van der Waals surface area contributed by atoms with Crippen molar-refractivity contribution in [3.8, 4) is 0 Å². The summed E-state index contributed by atoms with van der Waals surface area (Å²) >= 11 is 0. The largest absolute Gasteiger partial charge is 0.379 e. The first-order chi connectivity index (χ1) is 16.8. The SMILES string of the molecule is O=C1c2cccc3c(S(=O)(=O)NCc4ccc(F)cc4)ccc(c23)C(=O)N1CCN1CCOCC1. The third-order valence-electron chi connectivity index (χ3n) is 6.36. The number of sulfonamides is 1. The number of nitrogens with one attached hydrogen (secondary N) is 1. The lowest BCUT2D eigenvalue weighted by atomic mass is 9.94. The molecule has 182 valence electrons. The second-order valence-corrected chi connectivity index (χ2v) is 10.2. The molecule has 1 saturated heterocycles.